The number of H-pyrrole nitrogens is 1. The van der Waals surface area contributed by atoms with Crippen molar-refractivity contribution in [2.75, 3.05) is 13.2 Å². The second kappa shape index (κ2) is 9.80. The molecular formula is C29H22N2O5. The number of aromatic amines is 1. The summed E-state index contributed by atoms with van der Waals surface area (Å²) in [5.41, 5.74) is 4.89. The third-order valence-electron chi connectivity index (χ3n) is 6.21. The van der Waals surface area contributed by atoms with Crippen LogP contribution in [0.3, 0.4) is 0 Å². The van der Waals surface area contributed by atoms with Gasteiger partial charge in [0, 0.05) is 41.5 Å². The minimum Gasteiger partial charge on any atom is -0.477 e. The van der Waals surface area contributed by atoms with Gasteiger partial charge in [0.1, 0.15) is 12.2 Å². The fourth-order valence-electron chi connectivity index (χ4n) is 4.50. The molecule has 5 rings (SSSR count). The molecule has 0 unspecified atom stereocenters. The number of carboxylic acids is 1. The second-order valence-corrected chi connectivity index (χ2v) is 8.40. The number of pyridine rings is 1. The van der Waals surface area contributed by atoms with Gasteiger partial charge >= 0.3 is 12.1 Å². The molecule has 4 aromatic rings. The number of fused-ring (bicyclic) bond motifs is 4. The lowest BCUT2D eigenvalue weighted by atomic mass is 9.98. The summed E-state index contributed by atoms with van der Waals surface area (Å²) < 4.78 is 5.51. The SMILES string of the molecule is O=C(NCCC#Cc1ccc2[nH]cc(C(=O)O)c(=O)c2c1)OCC1c2ccccc2-c2ccccc21. The summed E-state index contributed by atoms with van der Waals surface area (Å²) in [5, 5.41) is 12.1. The number of benzene rings is 3. The highest BCUT2D eigenvalue weighted by atomic mass is 16.5. The van der Waals surface area contributed by atoms with Crippen LogP contribution >= 0.6 is 0 Å². The van der Waals surface area contributed by atoms with Gasteiger partial charge in [0.2, 0.25) is 5.43 Å². The summed E-state index contributed by atoms with van der Waals surface area (Å²) in [4.78, 5) is 38.6. The highest BCUT2D eigenvalue weighted by Crippen LogP contribution is 2.44. The topological polar surface area (TPSA) is 108 Å². The first-order chi connectivity index (χ1) is 17.5. The molecule has 1 aliphatic rings. The largest absolute Gasteiger partial charge is 0.477 e. The van der Waals surface area contributed by atoms with Crippen LogP contribution in [0, 0.1) is 11.8 Å². The summed E-state index contributed by atoms with van der Waals surface area (Å²) in [6.07, 6.45) is 1.07. The van der Waals surface area contributed by atoms with Gasteiger partial charge in [-0.25, -0.2) is 9.59 Å². The Kier molecular flexibility index (Phi) is 6.25. The molecule has 0 saturated heterocycles. The summed E-state index contributed by atoms with van der Waals surface area (Å²) in [6, 6.07) is 21.3. The Bertz CT molecular complexity index is 1560. The first-order valence-electron chi connectivity index (χ1n) is 11.5. The molecule has 0 fully saturated rings. The predicted molar refractivity (Wildman–Crippen MR) is 136 cm³/mol. The third-order valence-corrected chi connectivity index (χ3v) is 6.21. The molecule has 1 heterocycles. The molecule has 0 atom stereocenters. The molecular weight excluding hydrogens is 456 g/mol. The Morgan fingerprint density at radius 3 is 2.39 bits per heavy atom. The van der Waals surface area contributed by atoms with Crippen LogP contribution < -0.4 is 10.7 Å². The van der Waals surface area contributed by atoms with Crippen molar-refractivity contribution in [3.8, 4) is 23.0 Å². The number of amides is 1. The molecule has 0 spiro atoms. The number of carboxylic acid groups (broad SMARTS) is 1. The fraction of sp³-hybridized carbons (Fsp3) is 0.138. The van der Waals surface area contributed by atoms with E-state index in [0.29, 0.717) is 24.0 Å². The van der Waals surface area contributed by atoms with Gasteiger partial charge in [-0.15, -0.1) is 0 Å². The lowest BCUT2D eigenvalue weighted by molar-refractivity contribution is 0.0695. The van der Waals surface area contributed by atoms with E-state index in [4.69, 9.17) is 9.84 Å². The minimum absolute atomic E-state index is 0.000591. The van der Waals surface area contributed by atoms with E-state index >= 15 is 0 Å². The number of aromatic carboxylic acids is 1. The first-order valence-corrected chi connectivity index (χ1v) is 11.5. The molecule has 1 aromatic heterocycles. The standard InChI is InChI=1S/C29H22N2O5/c32-27-23-15-18(12-13-26(23)31-16-24(27)28(33)34)7-5-6-14-30-29(35)36-17-25-21-10-3-1-8-19(21)20-9-2-4-11-22(20)25/h1-4,8-13,15-16,25H,6,14,17H2,(H,30,35)(H,31,32)(H,33,34). The molecule has 7 nitrogen and oxygen atoms in total. The molecule has 3 aromatic carbocycles. The molecule has 3 N–H and O–H groups in total. The Morgan fingerprint density at radius 2 is 1.69 bits per heavy atom. The normalized spacial score (nSPS) is 11.8. The Morgan fingerprint density at radius 1 is 1.00 bits per heavy atom. The monoisotopic (exact) mass is 478 g/mol. The number of ether oxygens (including phenoxy) is 1. The van der Waals surface area contributed by atoms with E-state index in [2.05, 4.69) is 46.4 Å². The van der Waals surface area contributed by atoms with Crippen molar-refractivity contribution in [2.24, 2.45) is 0 Å². The zero-order valence-corrected chi connectivity index (χ0v) is 19.2. The van der Waals surface area contributed by atoms with Gasteiger partial charge in [-0.3, -0.25) is 4.79 Å². The van der Waals surface area contributed by atoms with Crippen molar-refractivity contribution in [1.29, 1.82) is 0 Å². The molecule has 0 saturated carbocycles. The van der Waals surface area contributed by atoms with E-state index in [9.17, 15) is 14.4 Å². The quantitative estimate of drug-likeness (QED) is 0.289. The first kappa shape index (κ1) is 22.9. The smallest absolute Gasteiger partial charge is 0.407 e. The van der Waals surface area contributed by atoms with Crippen LogP contribution in [0.25, 0.3) is 22.0 Å². The van der Waals surface area contributed by atoms with Crippen molar-refractivity contribution in [1.82, 2.24) is 10.3 Å². The number of rotatable bonds is 5. The average Bonchev–Trinajstić information content (AvgIpc) is 3.21. The van der Waals surface area contributed by atoms with Crippen molar-refractivity contribution in [3.63, 3.8) is 0 Å². The zero-order valence-electron chi connectivity index (χ0n) is 19.2. The number of hydrogen-bond acceptors (Lipinski definition) is 4. The molecule has 1 amide bonds. The van der Waals surface area contributed by atoms with Gasteiger partial charge in [0.15, 0.2) is 0 Å². The molecule has 1 aliphatic carbocycles. The average molecular weight is 479 g/mol. The maximum Gasteiger partial charge on any atom is 0.407 e. The highest BCUT2D eigenvalue weighted by Gasteiger charge is 2.28. The van der Waals surface area contributed by atoms with Crippen molar-refractivity contribution in [2.45, 2.75) is 12.3 Å². The van der Waals surface area contributed by atoms with E-state index in [1.807, 2.05) is 24.3 Å². The summed E-state index contributed by atoms with van der Waals surface area (Å²) in [6.45, 7) is 0.552. The molecule has 0 aliphatic heterocycles. The van der Waals surface area contributed by atoms with Crippen LogP contribution in [-0.2, 0) is 4.74 Å². The van der Waals surface area contributed by atoms with Gasteiger partial charge < -0.3 is 20.1 Å². The minimum atomic E-state index is -1.28. The van der Waals surface area contributed by atoms with Crippen molar-refractivity contribution >= 4 is 23.0 Å². The Labute approximate surface area is 206 Å². The summed E-state index contributed by atoms with van der Waals surface area (Å²) >= 11 is 0. The summed E-state index contributed by atoms with van der Waals surface area (Å²) in [5.74, 6) is 4.61. The number of carbonyl (C=O) groups excluding carboxylic acids is 1. The van der Waals surface area contributed by atoms with Crippen molar-refractivity contribution < 1.29 is 19.4 Å². The lowest BCUT2D eigenvalue weighted by Gasteiger charge is -2.14. The van der Waals surface area contributed by atoms with Crippen LogP contribution in [-0.4, -0.2) is 35.3 Å². The highest BCUT2D eigenvalue weighted by molar-refractivity contribution is 5.92. The Hall–Kier alpha value is -4.83. The number of aromatic nitrogens is 1. The molecule has 178 valence electrons. The van der Waals surface area contributed by atoms with E-state index in [1.54, 1.807) is 18.2 Å². The second-order valence-electron chi connectivity index (χ2n) is 8.40. The van der Waals surface area contributed by atoms with E-state index in [-0.39, 0.29) is 23.5 Å². The van der Waals surface area contributed by atoms with E-state index in [0.717, 1.165) is 11.1 Å². The third kappa shape index (κ3) is 4.44. The van der Waals surface area contributed by atoms with E-state index < -0.39 is 17.5 Å². The van der Waals surface area contributed by atoms with Gasteiger partial charge in [-0.2, -0.15) is 0 Å². The van der Waals surface area contributed by atoms with Crippen LogP contribution in [0.4, 0.5) is 4.79 Å². The van der Waals surface area contributed by atoms with Crippen LogP contribution in [0.2, 0.25) is 0 Å². The number of alkyl carbamates (subject to hydrolysis) is 1. The number of nitrogens with one attached hydrogen (secondary N) is 2. The van der Waals surface area contributed by atoms with Gasteiger partial charge in [0.05, 0.1) is 0 Å². The maximum atomic E-state index is 12.4. The molecule has 36 heavy (non-hydrogen) atoms. The molecule has 7 heteroatoms. The number of carbonyl (C=O) groups is 2. The number of hydrogen-bond donors (Lipinski definition) is 3. The molecule has 0 radical (unpaired) electrons. The summed E-state index contributed by atoms with van der Waals surface area (Å²) in [7, 11) is 0. The van der Waals surface area contributed by atoms with Gasteiger partial charge in [0.25, 0.3) is 0 Å². The fourth-order valence-corrected chi connectivity index (χ4v) is 4.50. The Balaban J connectivity index is 1.16. The van der Waals surface area contributed by atoms with Crippen LogP contribution in [0.15, 0.2) is 77.7 Å². The zero-order chi connectivity index (χ0) is 25.1. The van der Waals surface area contributed by atoms with Crippen molar-refractivity contribution in [3.05, 3.63) is 105 Å². The van der Waals surface area contributed by atoms with Crippen LogP contribution in [0.1, 0.15) is 39.4 Å². The lowest BCUT2D eigenvalue weighted by Crippen LogP contribution is -2.26. The van der Waals surface area contributed by atoms with Gasteiger partial charge in [-0.1, -0.05) is 60.4 Å². The maximum absolute atomic E-state index is 12.4. The van der Waals surface area contributed by atoms with Crippen LogP contribution in [0.5, 0.6) is 0 Å². The van der Waals surface area contributed by atoms with E-state index in [1.165, 1.54) is 17.3 Å². The van der Waals surface area contributed by atoms with Gasteiger partial charge in [-0.05, 0) is 40.5 Å². The predicted octanol–water partition coefficient (Wildman–Crippen LogP) is 4.51. The molecule has 0 bridgehead atoms.